The Bertz CT molecular complexity index is 476. The van der Waals surface area contributed by atoms with E-state index >= 15 is 0 Å². The summed E-state index contributed by atoms with van der Waals surface area (Å²) in [6, 6.07) is 7.29. The molecule has 0 aliphatic heterocycles. The van der Waals surface area contributed by atoms with E-state index in [1.807, 2.05) is 19.2 Å². The summed E-state index contributed by atoms with van der Waals surface area (Å²) in [6.07, 6.45) is 3.72. The normalized spacial score (nSPS) is 17.5. The van der Waals surface area contributed by atoms with E-state index < -0.39 is 9.84 Å². The molecule has 0 heterocycles. The van der Waals surface area contributed by atoms with Crippen molar-refractivity contribution in [3.05, 3.63) is 29.8 Å². The van der Waals surface area contributed by atoms with Crippen LogP contribution in [0.5, 0.6) is 0 Å². The molecule has 0 saturated heterocycles. The second-order valence-electron chi connectivity index (χ2n) is 4.63. The summed E-state index contributed by atoms with van der Waals surface area (Å²) >= 11 is 0. The van der Waals surface area contributed by atoms with Gasteiger partial charge < -0.3 is 5.32 Å². The Kier molecular flexibility index (Phi) is 3.84. The molecule has 0 amide bonds. The highest BCUT2D eigenvalue weighted by molar-refractivity contribution is 7.92. The smallest absolute Gasteiger partial charge is 0.181 e. The van der Waals surface area contributed by atoms with Gasteiger partial charge in [-0.2, -0.15) is 0 Å². The van der Waals surface area contributed by atoms with Crippen LogP contribution in [0.25, 0.3) is 0 Å². The molecular formula is C13H19NO2S. The average molecular weight is 253 g/mol. The van der Waals surface area contributed by atoms with Gasteiger partial charge in [0.15, 0.2) is 9.84 Å². The Morgan fingerprint density at radius 2 is 2.00 bits per heavy atom. The van der Waals surface area contributed by atoms with Crippen molar-refractivity contribution in [3.8, 4) is 0 Å². The van der Waals surface area contributed by atoms with E-state index in [-0.39, 0.29) is 5.25 Å². The van der Waals surface area contributed by atoms with Crippen molar-refractivity contribution in [2.24, 2.45) is 0 Å². The van der Waals surface area contributed by atoms with Gasteiger partial charge in [-0.1, -0.05) is 25.0 Å². The van der Waals surface area contributed by atoms with Crippen LogP contribution in [0.1, 0.15) is 31.2 Å². The molecule has 3 nitrogen and oxygen atoms in total. The maximum absolute atomic E-state index is 12.4. The lowest BCUT2D eigenvalue weighted by atomic mass is 10.2. The quantitative estimate of drug-likeness (QED) is 0.894. The van der Waals surface area contributed by atoms with Crippen molar-refractivity contribution in [3.63, 3.8) is 0 Å². The van der Waals surface area contributed by atoms with Crippen LogP contribution in [0.15, 0.2) is 29.2 Å². The van der Waals surface area contributed by atoms with Crippen LogP contribution in [0.4, 0.5) is 0 Å². The van der Waals surface area contributed by atoms with Gasteiger partial charge in [-0.25, -0.2) is 8.42 Å². The second-order valence-corrected chi connectivity index (χ2v) is 6.86. The van der Waals surface area contributed by atoms with Gasteiger partial charge in [0.25, 0.3) is 0 Å². The van der Waals surface area contributed by atoms with E-state index in [0.29, 0.717) is 11.4 Å². The van der Waals surface area contributed by atoms with Crippen LogP contribution >= 0.6 is 0 Å². The number of benzene rings is 1. The fraction of sp³-hybridized carbons (Fsp3) is 0.538. The molecular weight excluding hydrogens is 234 g/mol. The molecule has 2 rings (SSSR count). The maximum Gasteiger partial charge on any atom is 0.181 e. The summed E-state index contributed by atoms with van der Waals surface area (Å²) in [5, 5.41) is 2.88. The number of hydrogen-bond donors (Lipinski definition) is 1. The van der Waals surface area contributed by atoms with Crippen LogP contribution in [0.2, 0.25) is 0 Å². The average Bonchev–Trinajstić information content (AvgIpc) is 2.84. The summed E-state index contributed by atoms with van der Waals surface area (Å²) in [4.78, 5) is 0.483. The maximum atomic E-state index is 12.4. The fourth-order valence-electron chi connectivity index (χ4n) is 2.43. The second kappa shape index (κ2) is 5.19. The molecule has 1 saturated carbocycles. The first-order valence-electron chi connectivity index (χ1n) is 6.12. The predicted octanol–water partition coefficient (Wildman–Crippen LogP) is 2.12. The fourth-order valence-corrected chi connectivity index (χ4v) is 4.35. The zero-order valence-electron chi connectivity index (χ0n) is 10.1. The van der Waals surface area contributed by atoms with Crippen LogP contribution in [0, 0.1) is 0 Å². The molecule has 1 N–H and O–H groups in total. The van der Waals surface area contributed by atoms with Crippen LogP contribution in [0.3, 0.4) is 0 Å². The van der Waals surface area contributed by atoms with E-state index in [4.69, 9.17) is 0 Å². The molecule has 1 aliphatic carbocycles. The molecule has 0 radical (unpaired) electrons. The molecule has 0 atom stereocenters. The van der Waals surface area contributed by atoms with Gasteiger partial charge in [0.05, 0.1) is 10.1 Å². The van der Waals surface area contributed by atoms with Crippen molar-refractivity contribution < 1.29 is 8.42 Å². The lowest BCUT2D eigenvalue weighted by Crippen LogP contribution is -2.18. The summed E-state index contributed by atoms with van der Waals surface area (Å²) in [5.41, 5.74) is 1.02. The molecule has 1 aromatic rings. The monoisotopic (exact) mass is 253 g/mol. The lowest BCUT2D eigenvalue weighted by molar-refractivity contribution is 0.579. The minimum atomic E-state index is -3.11. The largest absolute Gasteiger partial charge is 0.316 e. The molecule has 0 bridgehead atoms. The lowest BCUT2D eigenvalue weighted by Gasteiger charge is -2.12. The molecule has 94 valence electrons. The number of hydrogen-bond acceptors (Lipinski definition) is 3. The Morgan fingerprint density at radius 1 is 1.29 bits per heavy atom. The third kappa shape index (κ3) is 2.69. The first-order chi connectivity index (χ1) is 8.14. The highest BCUT2D eigenvalue weighted by Crippen LogP contribution is 2.29. The first-order valence-corrected chi connectivity index (χ1v) is 7.66. The van der Waals surface area contributed by atoms with Gasteiger partial charge in [-0.15, -0.1) is 0 Å². The van der Waals surface area contributed by atoms with E-state index in [1.54, 1.807) is 12.1 Å². The van der Waals surface area contributed by atoms with Gasteiger partial charge in [-0.3, -0.25) is 0 Å². The molecule has 17 heavy (non-hydrogen) atoms. The highest BCUT2D eigenvalue weighted by Gasteiger charge is 2.30. The zero-order chi connectivity index (χ0) is 12.3. The van der Waals surface area contributed by atoms with Crippen molar-refractivity contribution in [1.29, 1.82) is 0 Å². The van der Waals surface area contributed by atoms with E-state index in [0.717, 1.165) is 31.2 Å². The van der Waals surface area contributed by atoms with Crippen LogP contribution < -0.4 is 5.32 Å². The van der Waals surface area contributed by atoms with Gasteiger partial charge in [-0.05, 0) is 37.6 Å². The van der Waals surface area contributed by atoms with Gasteiger partial charge in [0.1, 0.15) is 0 Å². The molecule has 1 aromatic carbocycles. The first kappa shape index (κ1) is 12.6. The van der Waals surface area contributed by atoms with Gasteiger partial charge in [0, 0.05) is 6.54 Å². The predicted molar refractivity (Wildman–Crippen MR) is 68.6 cm³/mol. The van der Waals surface area contributed by atoms with E-state index in [2.05, 4.69) is 5.32 Å². The summed E-state index contributed by atoms with van der Waals surface area (Å²) in [5.74, 6) is 0. The van der Waals surface area contributed by atoms with Crippen LogP contribution in [-0.2, 0) is 16.4 Å². The van der Waals surface area contributed by atoms with Crippen LogP contribution in [-0.4, -0.2) is 20.7 Å². The summed E-state index contributed by atoms with van der Waals surface area (Å²) in [7, 11) is -1.25. The van der Waals surface area contributed by atoms with Gasteiger partial charge >= 0.3 is 0 Å². The van der Waals surface area contributed by atoms with Crippen molar-refractivity contribution in [2.45, 2.75) is 42.4 Å². The Morgan fingerprint density at radius 3 is 2.65 bits per heavy atom. The summed E-state index contributed by atoms with van der Waals surface area (Å²) in [6.45, 7) is 0.702. The minimum absolute atomic E-state index is 0.160. The van der Waals surface area contributed by atoms with E-state index in [1.165, 1.54) is 0 Å². The molecule has 0 spiro atoms. The highest BCUT2D eigenvalue weighted by atomic mass is 32.2. The number of nitrogens with one attached hydrogen (secondary N) is 1. The SMILES string of the molecule is CNCc1cccc(S(=O)(=O)C2CCCC2)c1. The minimum Gasteiger partial charge on any atom is -0.316 e. The van der Waals surface area contributed by atoms with Crippen molar-refractivity contribution in [2.75, 3.05) is 7.05 Å². The molecule has 1 fully saturated rings. The third-order valence-electron chi connectivity index (χ3n) is 3.35. The number of rotatable bonds is 4. The zero-order valence-corrected chi connectivity index (χ0v) is 11.0. The third-order valence-corrected chi connectivity index (χ3v) is 5.61. The Labute approximate surface area is 103 Å². The molecule has 1 aliphatic rings. The van der Waals surface area contributed by atoms with Crippen molar-refractivity contribution >= 4 is 9.84 Å². The Hall–Kier alpha value is -0.870. The molecule has 0 aromatic heterocycles. The number of sulfone groups is 1. The standard InChI is InChI=1S/C13H19NO2S/c1-14-10-11-5-4-8-13(9-11)17(15,16)12-6-2-3-7-12/h4-5,8-9,12,14H,2-3,6-7,10H2,1H3. The molecule has 4 heteroatoms. The topological polar surface area (TPSA) is 46.2 Å². The Balaban J connectivity index is 2.29. The van der Waals surface area contributed by atoms with Gasteiger partial charge in [0.2, 0.25) is 0 Å². The van der Waals surface area contributed by atoms with Crippen molar-refractivity contribution in [1.82, 2.24) is 5.32 Å². The molecule has 0 unspecified atom stereocenters. The summed E-state index contributed by atoms with van der Waals surface area (Å²) < 4.78 is 24.7. The van der Waals surface area contributed by atoms with E-state index in [9.17, 15) is 8.42 Å².